The summed E-state index contributed by atoms with van der Waals surface area (Å²) in [6, 6.07) is 1.60. The molecule has 0 spiro atoms. The van der Waals surface area contributed by atoms with E-state index in [2.05, 4.69) is 5.16 Å². The number of ether oxygens (including phenoxy) is 2. The Bertz CT molecular complexity index is 735. The van der Waals surface area contributed by atoms with Crippen LogP contribution < -0.4 is 0 Å². The van der Waals surface area contributed by atoms with Gasteiger partial charge in [0, 0.05) is 45.3 Å². The number of nitrogens with zero attached hydrogens (tertiary/aromatic N) is 3. The molecule has 3 rings (SSSR count). The Morgan fingerprint density at radius 1 is 1.27 bits per heavy atom. The van der Waals surface area contributed by atoms with Gasteiger partial charge in [0.1, 0.15) is 5.76 Å². The number of hydrogen-bond donors (Lipinski definition) is 0. The van der Waals surface area contributed by atoms with Crippen LogP contribution in [0.25, 0.3) is 0 Å². The number of likely N-dealkylation sites (tertiary alicyclic amines) is 1. The van der Waals surface area contributed by atoms with E-state index >= 15 is 0 Å². The molecule has 2 saturated heterocycles. The van der Waals surface area contributed by atoms with Gasteiger partial charge in [0.25, 0.3) is 5.91 Å². The van der Waals surface area contributed by atoms with Crippen LogP contribution in [0.2, 0.25) is 0 Å². The summed E-state index contributed by atoms with van der Waals surface area (Å²) in [5, 5.41) is 3.82. The second-order valence-corrected chi connectivity index (χ2v) is 7.87. The van der Waals surface area contributed by atoms with Gasteiger partial charge in [-0.15, -0.1) is 0 Å². The topological polar surface area (TPSA) is 102 Å². The van der Waals surface area contributed by atoms with E-state index in [4.69, 9.17) is 14.0 Å². The molecule has 0 aromatic carbocycles. The lowest BCUT2D eigenvalue weighted by Gasteiger charge is -2.32. The quantitative estimate of drug-likeness (QED) is 0.590. The molecule has 0 bridgehead atoms. The number of hydrogen-bond acceptors (Lipinski definition) is 7. The highest BCUT2D eigenvalue weighted by Gasteiger charge is 2.30. The standard InChI is InChI=1S/C21H31N3O6/c1-3-28-21(27)16-6-9-23(10-7-16)19(25)8-11-24(14-17-5-4-12-29-17)20(26)18-13-15(2)30-22-18/h13,16-17H,3-12,14H2,1-2H3. The maximum Gasteiger partial charge on any atom is 0.309 e. The highest BCUT2D eigenvalue weighted by molar-refractivity contribution is 5.92. The van der Waals surface area contributed by atoms with Crippen molar-refractivity contribution in [3.63, 3.8) is 0 Å². The zero-order chi connectivity index (χ0) is 21.5. The normalized spacial score (nSPS) is 19.7. The first kappa shape index (κ1) is 22.3. The van der Waals surface area contributed by atoms with Gasteiger partial charge in [0.15, 0.2) is 5.69 Å². The molecular formula is C21H31N3O6. The average molecular weight is 421 g/mol. The second kappa shape index (κ2) is 10.6. The maximum atomic E-state index is 12.9. The Labute approximate surface area is 176 Å². The summed E-state index contributed by atoms with van der Waals surface area (Å²) >= 11 is 0. The highest BCUT2D eigenvalue weighted by atomic mass is 16.5. The summed E-state index contributed by atoms with van der Waals surface area (Å²) in [7, 11) is 0. The lowest BCUT2D eigenvalue weighted by atomic mass is 9.97. The first-order valence-electron chi connectivity index (χ1n) is 10.8. The zero-order valence-corrected chi connectivity index (χ0v) is 17.8. The molecule has 1 aromatic heterocycles. The smallest absolute Gasteiger partial charge is 0.309 e. The minimum Gasteiger partial charge on any atom is -0.466 e. The van der Waals surface area contributed by atoms with E-state index in [9.17, 15) is 14.4 Å². The molecule has 2 aliphatic rings. The molecule has 2 amide bonds. The molecular weight excluding hydrogens is 390 g/mol. The van der Waals surface area contributed by atoms with Crippen molar-refractivity contribution >= 4 is 17.8 Å². The van der Waals surface area contributed by atoms with E-state index in [1.807, 2.05) is 0 Å². The Balaban J connectivity index is 1.53. The summed E-state index contributed by atoms with van der Waals surface area (Å²) in [5.74, 6) is -0.0197. The van der Waals surface area contributed by atoms with Gasteiger partial charge in [-0.25, -0.2) is 0 Å². The number of aryl methyl sites for hydroxylation is 1. The van der Waals surface area contributed by atoms with Crippen LogP contribution >= 0.6 is 0 Å². The molecule has 9 nitrogen and oxygen atoms in total. The van der Waals surface area contributed by atoms with Crippen molar-refractivity contribution in [2.45, 2.75) is 52.1 Å². The molecule has 0 saturated carbocycles. The molecule has 2 aliphatic heterocycles. The van der Waals surface area contributed by atoms with E-state index in [0.29, 0.717) is 58.0 Å². The van der Waals surface area contributed by atoms with Gasteiger partial charge < -0.3 is 23.8 Å². The first-order valence-corrected chi connectivity index (χ1v) is 10.8. The Morgan fingerprint density at radius 2 is 2.03 bits per heavy atom. The van der Waals surface area contributed by atoms with E-state index in [0.717, 1.165) is 12.8 Å². The van der Waals surface area contributed by atoms with Crippen molar-refractivity contribution < 1.29 is 28.4 Å². The third kappa shape index (κ3) is 5.81. The summed E-state index contributed by atoms with van der Waals surface area (Å²) in [6.45, 7) is 6.39. The van der Waals surface area contributed by atoms with Crippen LogP contribution in [0.15, 0.2) is 10.6 Å². The number of carbonyl (C=O) groups is 3. The van der Waals surface area contributed by atoms with Crippen LogP contribution in [-0.4, -0.2) is 78.2 Å². The lowest BCUT2D eigenvalue weighted by molar-refractivity contribution is -0.151. The van der Waals surface area contributed by atoms with Gasteiger partial charge in [-0.05, 0) is 39.5 Å². The minimum absolute atomic E-state index is 0.0150. The molecule has 1 atom stereocenters. The maximum absolute atomic E-state index is 12.9. The number of carbonyl (C=O) groups excluding carboxylic acids is 3. The van der Waals surface area contributed by atoms with Crippen molar-refractivity contribution in [2.75, 3.05) is 39.4 Å². The SMILES string of the molecule is CCOC(=O)C1CCN(C(=O)CCN(CC2CCCO2)C(=O)c2cc(C)on2)CC1. The molecule has 0 radical (unpaired) electrons. The van der Waals surface area contributed by atoms with E-state index in [1.54, 1.807) is 29.7 Å². The number of amides is 2. The van der Waals surface area contributed by atoms with Crippen LogP contribution in [-0.2, 0) is 19.1 Å². The Hall–Kier alpha value is -2.42. The van der Waals surface area contributed by atoms with Gasteiger partial charge in [-0.1, -0.05) is 5.16 Å². The fraction of sp³-hybridized carbons (Fsp3) is 0.714. The number of esters is 1. The number of aromatic nitrogens is 1. The Kier molecular flexibility index (Phi) is 7.84. The predicted molar refractivity (Wildman–Crippen MR) is 107 cm³/mol. The van der Waals surface area contributed by atoms with Crippen LogP contribution in [0.3, 0.4) is 0 Å². The third-order valence-corrected chi connectivity index (χ3v) is 5.65. The monoisotopic (exact) mass is 421 g/mol. The first-order chi connectivity index (χ1) is 14.5. The van der Waals surface area contributed by atoms with E-state index < -0.39 is 0 Å². The van der Waals surface area contributed by atoms with Crippen LogP contribution in [0.4, 0.5) is 0 Å². The van der Waals surface area contributed by atoms with Gasteiger partial charge in [0.2, 0.25) is 5.91 Å². The van der Waals surface area contributed by atoms with Crippen molar-refractivity contribution in [3.8, 4) is 0 Å². The molecule has 3 heterocycles. The summed E-state index contributed by atoms with van der Waals surface area (Å²) in [4.78, 5) is 40.9. The average Bonchev–Trinajstić information content (AvgIpc) is 3.42. The van der Waals surface area contributed by atoms with Crippen LogP contribution in [0, 0.1) is 12.8 Å². The molecule has 9 heteroatoms. The van der Waals surface area contributed by atoms with Crippen molar-refractivity contribution in [1.29, 1.82) is 0 Å². The fourth-order valence-electron chi connectivity index (χ4n) is 3.95. The van der Waals surface area contributed by atoms with Gasteiger partial charge >= 0.3 is 5.97 Å². The molecule has 2 fully saturated rings. The molecule has 166 valence electrons. The van der Waals surface area contributed by atoms with E-state index in [-0.39, 0.29) is 41.9 Å². The van der Waals surface area contributed by atoms with Crippen LogP contribution in [0.1, 0.15) is 55.3 Å². The zero-order valence-electron chi connectivity index (χ0n) is 17.8. The Morgan fingerprint density at radius 3 is 2.63 bits per heavy atom. The fourth-order valence-corrected chi connectivity index (χ4v) is 3.95. The van der Waals surface area contributed by atoms with Gasteiger partial charge in [-0.2, -0.15) is 0 Å². The molecule has 1 aromatic rings. The minimum atomic E-state index is -0.254. The van der Waals surface area contributed by atoms with Gasteiger partial charge in [-0.3, -0.25) is 14.4 Å². The van der Waals surface area contributed by atoms with E-state index in [1.165, 1.54) is 0 Å². The van der Waals surface area contributed by atoms with Crippen molar-refractivity contribution in [3.05, 3.63) is 17.5 Å². The lowest BCUT2D eigenvalue weighted by Crippen LogP contribution is -2.43. The largest absolute Gasteiger partial charge is 0.466 e. The molecule has 0 aliphatic carbocycles. The van der Waals surface area contributed by atoms with Crippen molar-refractivity contribution in [1.82, 2.24) is 15.0 Å². The second-order valence-electron chi connectivity index (χ2n) is 7.87. The van der Waals surface area contributed by atoms with Crippen molar-refractivity contribution in [2.24, 2.45) is 5.92 Å². The number of piperidine rings is 1. The number of rotatable bonds is 8. The summed E-state index contributed by atoms with van der Waals surface area (Å²) < 4.78 is 15.8. The molecule has 30 heavy (non-hydrogen) atoms. The van der Waals surface area contributed by atoms with Gasteiger partial charge in [0.05, 0.1) is 18.6 Å². The predicted octanol–water partition coefficient (Wildman–Crippen LogP) is 1.80. The highest BCUT2D eigenvalue weighted by Crippen LogP contribution is 2.20. The summed E-state index contributed by atoms with van der Waals surface area (Å²) in [5.41, 5.74) is 0.244. The van der Waals surface area contributed by atoms with Crippen LogP contribution in [0.5, 0.6) is 0 Å². The molecule has 0 N–H and O–H groups in total. The third-order valence-electron chi connectivity index (χ3n) is 5.65. The molecule has 1 unspecified atom stereocenters. The summed E-state index contributed by atoms with van der Waals surface area (Å²) in [6.07, 6.45) is 3.31.